The molecule has 3 aromatic rings. The minimum atomic E-state index is -1.07. The molecule has 0 spiro atoms. The average molecular weight is 515 g/mol. The number of benzene rings is 2. The lowest BCUT2D eigenvalue weighted by Crippen LogP contribution is -2.12. The first-order valence-electron chi connectivity index (χ1n) is 11.1. The number of unbranched alkanes of at least 4 members (excludes halogenated alkanes) is 1. The number of hydrogen-bond donors (Lipinski definition) is 2. The van der Waals surface area contributed by atoms with E-state index < -0.39 is 5.97 Å². The molecule has 8 heteroatoms. The quantitative estimate of drug-likeness (QED) is 0.316. The Morgan fingerprint density at radius 2 is 1.94 bits per heavy atom. The molecule has 0 aliphatic heterocycles. The lowest BCUT2D eigenvalue weighted by Gasteiger charge is -2.24. The van der Waals surface area contributed by atoms with E-state index in [1.54, 1.807) is 0 Å². The van der Waals surface area contributed by atoms with E-state index >= 15 is 0 Å². The molecule has 0 bridgehead atoms. The van der Waals surface area contributed by atoms with E-state index in [-0.39, 0.29) is 27.1 Å². The van der Waals surface area contributed by atoms with Crippen molar-refractivity contribution < 1.29 is 14.7 Å². The Labute approximate surface area is 212 Å². The highest BCUT2D eigenvalue weighted by Crippen LogP contribution is 2.44. The molecule has 0 saturated carbocycles. The summed E-state index contributed by atoms with van der Waals surface area (Å²) in [4.78, 5) is 30.0. The van der Waals surface area contributed by atoms with Crippen molar-refractivity contribution in [2.75, 3.05) is 5.32 Å². The van der Waals surface area contributed by atoms with Crippen LogP contribution in [0.5, 0.6) is 0 Å². The van der Waals surface area contributed by atoms with Gasteiger partial charge in [0.25, 0.3) is 5.91 Å². The third-order valence-electron chi connectivity index (χ3n) is 5.95. The molecule has 4 rings (SSSR count). The first-order valence-corrected chi connectivity index (χ1v) is 12.7. The van der Waals surface area contributed by atoms with E-state index in [4.69, 9.17) is 33.3 Å². The number of carboxylic acids is 1. The fourth-order valence-corrected chi connectivity index (χ4v) is 5.81. The molecule has 1 amide bonds. The normalized spacial score (nSPS) is 14.9. The minimum Gasteiger partial charge on any atom is -0.478 e. The highest BCUT2D eigenvalue weighted by Gasteiger charge is 2.28. The highest BCUT2D eigenvalue weighted by molar-refractivity contribution is 7.16. The Kier molecular flexibility index (Phi) is 7.41. The lowest BCUT2D eigenvalue weighted by atomic mass is 9.81. The van der Waals surface area contributed by atoms with Gasteiger partial charge in [-0.1, -0.05) is 67.2 Å². The van der Waals surface area contributed by atoms with Crippen molar-refractivity contribution in [1.29, 1.82) is 0 Å². The van der Waals surface area contributed by atoms with Crippen LogP contribution in [0.4, 0.5) is 5.13 Å². The number of hydrogen-bond acceptors (Lipinski definition) is 4. The summed E-state index contributed by atoms with van der Waals surface area (Å²) in [7, 11) is 0. The van der Waals surface area contributed by atoms with Crippen LogP contribution < -0.4 is 5.32 Å². The zero-order valence-corrected chi connectivity index (χ0v) is 21.2. The zero-order chi connectivity index (χ0) is 24.4. The largest absolute Gasteiger partial charge is 0.478 e. The molecule has 0 fully saturated rings. The van der Waals surface area contributed by atoms with Gasteiger partial charge >= 0.3 is 5.97 Å². The number of aromatic nitrogens is 1. The SMILES string of the molecule is CCCCC1Cc2sc(NC(=O)c3cc(Cl)c(/C=C(\C)C(=O)O)c(Cl)c3)nc2-c2ccccc21. The molecule has 0 saturated heterocycles. The number of amides is 1. The van der Waals surface area contributed by atoms with Gasteiger partial charge in [0.2, 0.25) is 0 Å². The Morgan fingerprint density at radius 3 is 2.62 bits per heavy atom. The summed E-state index contributed by atoms with van der Waals surface area (Å²) >= 11 is 14.1. The number of aliphatic carboxylic acids is 1. The van der Waals surface area contributed by atoms with E-state index in [0.717, 1.165) is 30.5 Å². The van der Waals surface area contributed by atoms with Crippen LogP contribution in [-0.2, 0) is 11.2 Å². The average Bonchev–Trinajstić information content (AvgIpc) is 3.21. The number of rotatable bonds is 7. The molecular weight excluding hydrogens is 491 g/mol. The van der Waals surface area contributed by atoms with Crippen LogP contribution in [0.2, 0.25) is 10.0 Å². The van der Waals surface area contributed by atoms with E-state index in [2.05, 4.69) is 30.4 Å². The monoisotopic (exact) mass is 514 g/mol. The van der Waals surface area contributed by atoms with Crippen LogP contribution in [0.3, 0.4) is 0 Å². The van der Waals surface area contributed by atoms with Crippen LogP contribution in [0.15, 0.2) is 42.0 Å². The topological polar surface area (TPSA) is 79.3 Å². The molecular formula is C26H24Cl2N2O3S. The van der Waals surface area contributed by atoms with Crippen molar-refractivity contribution in [3.05, 3.63) is 73.6 Å². The van der Waals surface area contributed by atoms with Crippen molar-refractivity contribution in [3.8, 4) is 11.3 Å². The molecule has 1 unspecified atom stereocenters. The second-order valence-corrected chi connectivity index (χ2v) is 10.3. The van der Waals surface area contributed by atoms with Crippen molar-refractivity contribution >= 4 is 57.6 Å². The maximum atomic E-state index is 13.0. The van der Waals surface area contributed by atoms with E-state index in [0.29, 0.717) is 16.6 Å². The van der Waals surface area contributed by atoms with Gasteiger partial charge in [-0.2, -0.15) is 0 Å². The molecule has 1 aromatic heterocycles. The van der Waals surface area contributed by atoms with Gasteiger partial charge in [0.15, 0.2) is 5.13 Å². The van der Waals surface area contributed by atoms with Gasteiger partial charge in [0.1, 0.15) is 0 Å². The van der Waals surface area contributed by atoms with Crippen molar-refractivity contribution in [2.45, 2.75) is 45.4 Å². The molecule has 1 aliphatic rings. The summed E-state index contributed by atoms with van der Waals surface area (Å²) in [6.45, 7) is 3.65. The fraction of sp³-hybridized carbons (Fsp3) is 0.269. The second-order valence-electron chi connectivity index (χ2n) is 8.36. The predicted molar refractivity (Wildman–Crippen MR) is 139 cm³/mol. The summed E-state index contributed by atoms with van der Waals surface area (Å²) < 4.78 is 0. The molecule has 1 aliphatic carbocycles. The number of halogens is 2. The summed E-state index contributed by atoms with van der Waals surface area (Å²) in [6.07, 6.45) is 5.77. The number of carboxylic acid groups (broad SMARTS) is 1. The maximum absolute atomic E-state index is 13.0. The van der Waals surface area contributed by atoms with Gasteiger partial charge in [0.05, 0.1) is 15.7 Å². The van der Waals surface area contributed by atoms with E-state index in [9.17, 15) is 9.59 Å². The first kappa shape index (κ1) is 24.5. The molecule has 5 nitrogen and oxygen atoms in total. The molecule has 2 N–H and O–H groups in total. The van der Waals surface area contributed by atoms with Gasteiger partial charge in [0, 0.05) is 27.1 Å². The number of fused-ring (bicyclic) bond motifs is 3. The fourth-order valence-electron chi connectivity index (χ4n) is 4.17. The van der Waals surface area contributed by atoms with Crippen LogP contribution >= 0.6 is 34.5 Å². The van der Waals surface area contributed by atoms with Gasteiger partial charge in [-0.25, -0.2) is 9.78 Å². The number of nitrogens with one attached hydrogen (secondary N) is 1. The minimum absolute atomic E-state index is 0.0897. The van der Waals surface area contributed by atoms with Crippen LogP contribution in [0, 0.1) is 0 Å². The summed E-state index contributed by atoms with van der Waals surface area (Å²) in [6, 6.07) is 11.3. The number of thiazole rings is 1. The first-order chi connectivity index (χ1) is 16.3. The lowest BCUT2D eigenvalue weighted by molar-refractivity contribution is -0.132. The Balaban J connectivity index is 1.59. The Hall–Kier alpha value is -2.67. The summed E-state index contributed by atoms with van der Waals surface area (Å²) in [5.41, 5.74) is 4.12. The molecule has 1 atom stereocenters. The van der Waals surface area contributed by atoms with E-state index in [1.165, 1.54) is 53.3 Å². The second kappa shape index (κ2) is 10.3. The summed E-state index contributed by atoms with van der Waals surface area (Å²) in [5, 5.41) is 12.9. The van der Waals surface area contributed by atoms with Crippen LogP contribution in [0.1, 0.15) is 65.4 Å². The van der Waals surface area contributed by atoms with Crippen molar-refractivity contribution in [1.82, 2.24) is 4.98 Å². The van der Waals surface area contributed by atoms with Crippen LogP contribution in [0.25, 0.3) is 17.3 Å². The number of carbonyl (C=O) groups excluding carboxylic acids is 1. The smallest absolute Gasteiger partial charge is 0.331 e. The van der Waals surface area contributed by atoms with Gasteiger partial charge in [-0.15, -0.1) is 11.3 Å². The molecule has 34 heavy (non-hydrogen) atoms. The Bertz CT molecular complexity index is 1280. The third kappa shape index (κ3) is 5.04. The highest BCUT2D eigenvalue weighted by atomic mass is 35.5. The standard InChI is InChI=1S/C26H24Cl2N2O3S/c1-3-4-7-15-13-22-23(18-9-6-5-8-17(15)18)29-26(34-22)30-24(31)16-11-20(27)19(21(28)12-16)10-14(2)25(32)33/h5-6,8-12,15H,3-4,7,13H2,1-2H3,(H,32,33)(H,29,30,31)/b14-10+. The van der Waals surface area contributed by atoms with Crippen molar-refractivity contribution in [3.63, 3.8) is 0 Å². The molecule has 176 valence electrons. The number of carbonyl (C=O) groups is 2. The predicted octanol–water partition coefficient (Wildman–Crippen LogP) is 7.69. The van der Waals surface area contributed by atoms with Crippen molar-refractivity contribution in [2.24, 2.45) is 0 Å². The van der Waals surface area contributed by atoms with Gasteiger partial charge < -0.3 is 5.11 Å². The van der Waals surface area contributed by atoms with Crippen LogP contribution in [-0.4, -0.2) is 22.0 Å². The molecule has 2 aromatic carbocycles. The number of nitrogens with zero attached hydrogens (tertiary/aromatic N) is 1. The van der Waals surface area contributed by atoms with Gasteiger partial charge in [-0.3, -0.25) is 10.1 Å². The van der Waals surface area contributed by atoms with E-state index in [1.807, 2.05) is 6.07 Å². The number of anilines is 1. The third-order valence-corrected chi connectivity index (χ3v) is 7.57. The summed E-state index contributed by atoms with van der Waals surface area (Å²) in [5.74, 6) is -0.989. The molecule has 1 heterocycles. The maximum Gasteiger partial charge on any atom is 0.331 e. The zero-order valence-electron chi connectivity index (χ0n) is 18.8. The Morgan fingerprint density at radius 1 is 1.24 bits per heavy atom. The van der Waals surface area contributed by atoms with Gasteiger partial charge in [-0.05, 0) is 49.5 Å². The molecule has 0 radical (unpaired) electrons.